The first-order chi connectivity index (χ1) is 10.2. The monoisotopic (exact) mass is 383 g/mol. The largest absolute Gasteiger partial charge is 0.355 e. The van der Waals surface area contributed by atoms with Gasteiger partial charge in [0.2, 0.25) is 15.9 Å². The van der Waals surface area contributed by atoms with Crippen molar-refractivity contribution < 1.29 is 13.2 Å². The Labute approximate surface area is 148 Å². The number of sulfonamides is 1. The van der Waals surface area contributed by atoms with Crippen LogP contribution in [0.4, 0.5) is 0 Å². The summed E-state index contributed by atoms with van der Waals surface area (Å²) in [4.78, 5) is 12.7. The SMILES string of the molecule is CNCCNS(=O)(=O)c1ccc(CCNC(=O)C(C)(C)C)s1.Cl. The lowest BCUT2D eigenvalue weighted by atomic mass is 9.96. The predicted molar refractivity (Wildman–Crippen MR) is 96.9 cm³/mol. The molecule has 0 aliphatic rings. The lowest BCUT2D eigenvalue weighted by molar-refractivity contribution is -0.128. The summed E-state index contributed by atoms with van der Waals surface area (Å²) in [7, 11) is -1.67. The summed E-state index contributed by atoms with van der Waals surface area (Å²) in [6, 6.07) is 3.40. The van der Waals surface area contributed by atoms with E-state index in [1.165, 1.54) is 11.3 Å². The van der Waals surface area contributed by atoms with Gasteiger partial charge < -0.3 is 10.6 Å². The van der Waals surface area contributed by atoms with Crippen molar-refractivity contribution >= 4 is 39.7 Å². The molecule has 1 aromatic rings. The van der Waals surface area contributed by atoms with Crippen molar-refractivity contribution in [1.82, 2.24) is 15.4 Å². The maximum Gasteiger partial charge on any atom is 0.250 e. The summed E-state index contributed by atoms with van der Waals surface area (Å²) in [5.41, 5.74) is -0.415. The molecule has 134 valence electrons. The van der Waals surface area contributed by atoms with Crippen molar-refractivity contribution in [2.24, 2.45) is 5.41 Å². The maximum atomic E-state index is 12.0. The van der Waals surface area contributed by atoms with Gasteiger partial charge in [0.1, 0.15) is 4.21 Å². The second-order valence-electron chi connectivity index (χ2n) is 5.98. The van der Waals surface area contributed by atoms with Crippen molar-refractivity contribution in [3.63, 3.8) is 0 Å². The molecular weight excluding hydrogens is 358 g/mol. The van der Waals surface area contributed by atoms with Crippen LogP contribution in [-0.2, 0) is 21.2 Å². The fourth-order valence-corrected chi connectivity index (χ4v) is 4.01. The number of thiophene rings is 1. The third-order valence-electron chi connectivity index (χ3n) is 2.91. The van der Waals surface area contributed by atoms with E-state index in [9.17, 15) is 13.2 Å². The quantitative estimate of drug-likeness (QED) is 0.592. The molecule has 0 saturated carbocycles. The number of likely N-dealkylation sites (N-methyl/N-ethyl adjacent to an activating group) is 1. The molecule has 0 saturated heterocycles. The number of nitrogens with one attached hydrogen (secondary N) is 3. The number of halogens is 1. The van der Waals surface area contributed by atoms with Gasteiger partial charge in [0.05, 0.1) is 0 Å². The molecule has 23 heavy (non-hydrogen) atoms. The summed E-state index contributed by atoms with van der Waals surface area (Å²) in [6.07, 6.45) is 0.624. The molecule has 1 heterocycles. The molecule has 1 aromatic heterocycles. The fraction of sp³-hybridized carbons (Fsp3) is 0.643. The van der Waals surface area contributed by atoms with Gasteiger partial charge >= 0.3 is 0 Å². The van der Waals surface area contributed by atoms with E-state index in [4.69, 9.17) is 0 Å². The zero-order valence-electron chi connectivity index (χ0n) is 13.9. The Morgan fingerprint density at radius 1 is 1.17 bits per heavy atom. The van der Waals surface area contributed by atoms with Gasteiger partial charge in [-0.25, -0.2) is 13.1 Å². The minimum atomic E-state index is -3.44. The first-order valence-corrected chi connectivity index (χ1v) is 9.48. The summed E-state index contributed by atoms with van der Waals surface area (Å²) in [5, 5.41) is 5.74. The van der Waals surface area contributed by atoms with Gasteiger partial charge in [-0.05, 0) is 25.6 Å². The Bertz CT molecular complexity index is 595. The topological polar surface area (TPSA) is 87.3 Å². The normalized spacial score (nSPS) is 11.8. The minimum absolute atomic E-state index is 0. The van der Waals surface area contributed by atoms with Gasteiger partial charge in [-0.3, -0.25) is 4.79 Å². The Hall–Kier alpha value is -0.670. The number of hydrogen-bond acceptors (Lipinski definition) is 5. The highest BCUT2D eigenvalue weighted by atomic mass is 35.5. The van der Waals surface area contributed by atoms with E-state index in [0.717, 1.165) is 4.88 Å². The van der Waals surface area contributed by atoms with Crippen molar-refractivity contribution in [3.05, 3.63) is 17.0 Å². The second kappa shape index (κ2) is 9.58. The molecule has 0 aromatic carbocycles. The van der Waals surface area contributed by atoms with Gasteiger partial charge in [0.25, 0.3) is 0 Å². The molecule has 0 aliphatic heterocycles. The lowest BCUT2D eigenvalue weighted by Crippen LogP contribution is -2.35. The van der Waals surface area contributed by atoms with Gasteiger partial charge in [-0.2, -0.15) is 0 Å². The van der Waals surface area contributed by atoms with Gasteiger partial charge in [0.15, 0.2) is 0 Å². The smallest absolute Gasteiger partial charge is 0.250 e. The zero-order valence-corrected chi connectivity index (χ0v) is 16.4. The highest BCUT2D eigenvalue weighted by Crippen LogP contribution is 2.21. The van der Waals surface area contributed by atoms with Crippen LogP contribution in [0.15, 0.2) is 16.3 Å². The Morgan fingerprint density at radius 2 is 1.83 bits per heavy atom. The summed E-state index contributed by atoms with van der Waals surface area (Å²) >= 11 is 1.23. The molecule has 0 unspecified atom stereocenters. The molecular formula is C14H26ClN3O3S2. The molecule has 1 amide bonds. The van der Waals surface area contributed by atoms with Crippen LogP contribution in [0.1, 0.15) is 25.6 Å². The molecule has 0 bridgehead atoms. The van der Waals surface area contributed by atoms with Gasteiger partial charge in [-0.15, -0.1) is 23.7 Å². The number of amides is 1. The van der Waals surface area contributed by atoms with Crippen molar-refractivity contribution in [1.29, 1.82) is 0 Å². The molecule has 9 heteroatoms. The molecule has 1 rings (SSSR count). The number of carbonyl (C=O) groups excluding carboxylic acids is 1. The van der Waals surface area contributed by atoms with E-state index >= 15 is 0 Å². The molecule has 0 fully saturated rings. The van der Waals surface area contributed by atoms with Crippen LogP contribution < -0.4 is 15.4 Å². The van der Waals surface area contributed by atoms with Crippen molar-refractivity contribution in [3.8, 4) is 0 Å². The molecule has 0 radical (unpaired) electrons. The predicted octanol–water partition coefficient (Wildman–Crippen LogP) is 1.37. The average molecular weight is 384 g/mol. The first-order valence-electron chi connectivity index (χ1n) is 7.18. The Morgan fingerprint density at radius 3 is 2.39 bits per heavy atom. The van der Waals surface area contributed by atoms with Crippen LogP contribution in [0.25, 0.3) is 0 Å². The second-order valence-corrected chi connectivity index (χ2v) is 9.14. The van der Waals surface area contributed by atoms with Crippen molar-refractivity contribution in [2.45, 2.75) is 31.4 Å². The van der Waals surface area contributed by atoms with Crippen LogP contribution >= 0.6 is 23.7 Å². The molecule has 0 atom stereocenters. The van der Waals surface area contributed by atoms with Crippen LogP contribution in [0.5, 0.6) is 0 Å². The fourth-order valence-electron chi connectivity index (χ4n) is 1.58. The lowest BCUT2D eigenvalue weighted by Gasteiger charge is -2.17. The van der Waals surface area contributed by atoms with Gasteiger partial charge in [0, 0.05) is 29.9 Å². The first kappa shape index (κ1) is 22.3. The third-order valence-corrected chi connectivity index (χ3v) is 6.00. The van der Waals surface area contributed by atoms with E-state index in [1.807, 2.05) is 20.8 Å². The molecule has 6 nitrogen and oxygen atoms in total. The van der Waals surface area contributed by atoms with Crippen LogP contribution in [0.3, 0.4) is 0 Å². The van der Waals surface area contributed by atoms with E-state index < -0.39 is 15.4 Å². The van der Waals surface area contributed by atoms with Crippen molar-refractivity contribution in [2.75, 3.05) is 26.7 Å². The summed E-state index contributed by atoms with van der Waals surface area (Å²) in [6.45, 7) is 7.01. The molecule has 0 aliphatic carbocycles. The van der Waals surface area contributed by atoms with Crippen LogP contribution in [0, 0.1) is 5.41 Å². The summed E-state index contributed by atoms with van der Waals surface area (Å²) < 4.78 is 26.9. The molecule has 0 spiro atoms. The highest BCUT2D eigenvalue weighted by molar-refractivity contribution is 7.91. The number of carbonyl (C=O) groups is 1. The van der Waals surface area contributed by atoms with E-state index in [0.29, 0.717) is 30.3 Å². The average Bonchev–Trinajstić information content (AvgIpc) is 2.87. The Kier molecular flexibility index (Phi) is 9.30. The highest BCUT2D eigenvalue weighted by Gasteiger charge is 2.20. The maximum absolute atomic E-state index is 12.0. The number of hydrogen-bond donors (Lipinski definition) is 3. The van der Waals surface area contributed by atoms with Crippen LogP contribution in [-0.4, -0.2) is 41.0 Å². The molecule has 3 N–H and O–H groups in total. The third kappa shape index (κ3) is 7.63. The Balaban J connectivity index is 0.00000484. The standard InChI is InChI=1S/C14H25N3O3S2.ClH/c1-14(2,3)13(18)16-8-7-11-5-6-12(21-11)22(19,20)17-10-9-15-4;/h5-6,15,17H,7-10H2,1-4H3,(H,16,18);1H. The van der Waals surface area contributed by atoms with E-state index in [2.05, 4.69) is 15.4 Å². The minimum Gasteiger partial charge on any atom is -0.355 e. The summed E-state index contributed by atoms with van der Waals surface area (Å²) in [5.74, 6) is -0.00867. The number of rotatable bonds is 8. The van der Waals surface area contributed by atoms with E-state index in [1.54, 1.807) is 19.2 Å². The van der Waals surface area contributed by atoms with Gasteiger partial charge in [-0.1, -0.05) is 20.8 Å². The zero-order chi connectivity index (χ0) is 16.8. The van der Waals surface area contributed by atoms with Crippen LogP contribution in [0.2, 0.25) is 0 Å². The van der Waals surface area contributed by atoms with E-state index in [-0.39, 0.29) is 18.3 Å².